The van der Waals surface area contributed by atoms with E-state index in [1.54, 1.807) is 18.4 Å². The SMILES string of the molecule is Fc1ccc(-c2nnc3n2C[C@H](NCc2ccco2)CC3)cc1. The molecule has 0 saturated carbocycles. The topological polar surface area (TPSA) is 55.9 Å². The summed E-state index contributed by atoms with van der Waals surface area (Å²) in [5, 5.41) is 12.1. The van der Waals surface area contributed by atoms with Crippen LogP contribution in [0.3, 0.4) is 0 Å². The predicted molar refractivity (Wildman–Crippen MR) is 83.1 cm³/mol. The average molecular weight is 312 g/mol. The third-order valence-corrected chi connectivity index (χ3v) is 4.19. The molecule has 1 atom stereocenters. The largest absolute Gasteiger partial charge is 0.468 e. The van der Waals surface area contributed by atoms with Crippen LogP contribution < -0.4 is 5.32 Å². The summed E-state index contributed by atoms with van der Waals surface area (Å²) in [5.74, 6) is 2.47. The minimum absolute atomic E-state index is 0.245. The maximum atomic E-state index is 13.1. The summed E-state index contributed by atoms with van der Waals surface area (Å²) in [4.78, 5) is 0. The Kier molecular flexibility index (Phi) is 3.67. The van der Waals surface area contributed by atoms with Gasteiger partial charge in [0.1, 0.15) is 17.4 Å². The van der Waals surface area contributed by atoms with Crippen LogP contribution in [0.5, 0.6) is 0 Å². The van der Waals surface area contributed by atoms with Crippen molar-refractivity contribution in [3.63, 3.8) is 0 Å². The molecular weight excluding hydrogens is 295 g/mol. The monoisotopic (exact) mass is 312 g/mol. The molecule has 0 spiro atoms. The van der Waals surface area contributed by atoms with Gasteiger partial charge in [0.05, 0.1) is 12.8 Å². The van der Waals surface area contributed by atoms with Gasteiger partial charge >= 0.3 is 0 Å². The molecule has 2 aromatic heterocycles. The molecule has 0 aliphatic carbocycles. The van der Waals surface area contributed by atoms with E-state index in [4.69, 9.17) is 4.42 Å². The molecular formula is C17H17FN4O. The van der Waals surface area contributed by atoms with Crippen LogP contribution in [-0.2, 0) is 19.5 Å². The number of rotatable bonds is 4. The predicted octanol–water partition coefficient (Wildman–Crippen LogP) is 2.78. The fourth-order valence-corrected chi connectivity index (χ4v) is 2.96. The van der Waals surface area contributed by atoms with Crippen molar-refractivity contribution in [1.29, 1.82) is 0 Å². The molecule has 0 unspecified atom stereocenters. The summed E-state index contributed by atoms with van der Waals surface area (Å²) in [6.07, 6.45) is 3.58. The van der Waals surface area contributed by atoms with Gasteiger partial charge in [-0.1, -0.05) is 0 Å². The van der Waals surface area contributed by atoms with Crippen molar-refractivity contribution < 1.29 is 8.81 Å². The highest BCUT2D eigenvalue weighted by Gasteiger charge is 2.23. The Balaban J connectivity index is 1.51. The van der Waals surface area contributed by atoms with Crippen molar-refractivity contribution in [2.75, 3.05) is 0 Å². The number of nitrogens with one attached hydrogen (secondary N) is 1. The van der Waals surface area contributed by atoms with E-state index in [1.165, 1.54) is 12.1 Å². The molecule has 6 heteroatoms. The maximum absolute atomic E-state index is 13.1. The number of aromatic nitrogens is 3. The second-order valence-electron chi connectivity index (χ2n) is 5.75. The third kappa shape index (κ3) is 2.90. The maximum Gasteiger partial charge on any atom is 0.164 e. The van der Waals surface area contributed by atoms with E-state index in [-0.39, 0.29) is 5.82 Å². The first-order valence-electron chi connectivity index (χ1n) is 7.73. The molecule has 3 heterocycles. The molecule has 3 aromatic rings. The Morgan fingerprint density at radius 3 is 2.87 bits per heavy atom. The Bertz CT molecular complexity index is 780. The molecule has 0 amide bonds. The van der Waals surface area contributed by atoms with Gasteiger partial charge in [-0.2, -0.15) is 0 Å². The molecule has 0 bridgehead atoms. The van der Waals surface area contributed by atoms with E-state index in [0.717, 1.165) is 42.4 Å². The van der Waals surface area contributed by atoms with Crippen molar-refractivity contribution in [1.82, 2.24) is 20.1 Å². The van der Waals surface area contributed by atoms with Gasteiger partial charge in [-0.3, -0.25) is 0 Å². The van der Waals surface area contributed by atoms with E-state index in [0.29, 0.717) is 12.6 Å². The number of benzene rings is 1. The summed E-state index contributed by atoms with van der Waals surface area (Å²) in [5.41, 5.74) is 0.886. The molecule has 23 heavy (non-hydrogen) atoms. The number of hydrogen-bond acceptors (Lipinski definition) is 4. The Morgan fingerprint density at radius 2 is 2.09 bits per heavy atom. The lowest BCUT2D eigenvalue weighted by Crippen LogP contribution is -2.37. The molecule has 0 saturated heterocycles. The zero-order valence-corrected chi connectivity index (χ0v) is 12.6. The highest BCUT2D eigenvalue weighted by Crippen LogP contribution is 2.23. The zero-order chi connectivity index (χ0) is 15.6. The Labute approximate surface area is 133 Å². The lowest BCUT2D eigenvalue weighted by Gasteiger charge is -2.25. The fraction of sp³-hybridized carbons (Fsp3) is 0.294. The van der Waals surface area contributed by atoms with E-state index in [2.05, 4.69) is 20.1 Å². The second kappa shape index (κ2) is 5.96. The zero-order valence-electron chi connectivity index (χ0n) is 12.6. The second-order valence-corrected chi connectivity index (χ2v) is 5.75. The van der Waals surface area contributed by atoms with Crippen LogP contribution in [0, 0.1) is 5.82 Å². The van der Waals surface area contributed by atoms with Crippen LogP contribution in [0.4, 0.5) is 4.39 Å². The Hall–Kier alpha value is -2.47. The normalized spacial score (nSPS) is 17.2. The van der Waals surface area contributed by atoms with Crippen LogP contribution >= 0.6 is 0 Å². The Morgan fingerprint density at radius 1 is 1.22 bits per heavy atom. The van der Waals surface area contributed by atoms with Crippen molar-refractivity contribution in [2.24, 2.45) is 0 Å². The summed E-state index contributed by atoms with van der Waals surface area (Å²) in [6, 6.07) is 10.6. The molecule has 0 fully saturated rings. The molecule has 1 aliphatic heterocycles. The minimum Gasteiger partial charge on any atom is -0.468 e. The van der Waals surface area contributed by atoms with Crippen molar-refractivity contribution in [3.05, 3.63) is 60.1 Å². The van der Waals surface area contributed by atoms with Gasteiger partial charge in [-0.15, -0.1) is 10.2 Å². The van der Waals surface area contributed by atoms with Crippen LogP contribution in [0.25, 0.3) is 11.4 Å². The van der Waals surface area contributed by atoms with Crippen LogP contribution in [0.2, 0.25) is 0 Å². The van der Waals surface area contributed by atoms with Crippen molar-refractivity contribution in [3.8, 4) is 11.4 Å². The lowest BCUT2D eigenvalue weighted by atomic mass is 10.1. The number of nitrogens with zero attached hydrogens (tertiary/aromatic N) is 3. The van der Waals surface area contributed by atoms with Crippen LogP contribution in [-0.4, -0.2) is 20.8 Å². The van der Waals surface area contributed by atoms with Gasteiger partial charge in [-0.05, 0) is 42.8 Å². The van der Waals surface area contributed by atoms with E-state index < -0.39 is 0 Å². The van der Waals surface area contributed by atoms with Crippen LogP contribution in [0.1, 0.15) is 18.0 Å². The van der Waals surface area contributed by atoms with Gasteiger partial charge in [-0.25, -0.2) is 4.39 Å². The van der Waals surface area contributed by atoms with E-state index >= 15 is 0 Å². The number of fused-ring (bicyclic) bond motifs is 1. The third-order valence-electron chi connectivity index (χ3n) is 4.19. The molecule has 1 N–H and O–H groups in total. The summed E-state index contributed by atoms with van der Waals surface area (Å²) in [6.45, 7) is 1.51. The smallest absolute Gasteiger partial charge is 0.164 e. The molecule has 1 aliphatic rings. The highest BCUT2D eigenvalue weighted by molar-refractivity contribution is 5.55. The number of halogens is 1. The minimum atomic E-state index is -0.245. The van der Waals surface area contributed by atoms with Crippen molar-refractivity contribution >= 4 is 0 Å². The lowest BCUT2D eigenvalue weighted by molar-refractivity contribution is 0.363. The molecule has 0 radical (unpaired) electrons. The first-order chi connectivity index (χ1) is 11.3. The van der Waals surface area contributed by atoms with Crippen molar-refractivity contribution in [2.45, 2.75) is 32.0 Å². The summed E-state index contributed by atoms with van der Waals surface area (Å²) < 4.78 is 20.6. The van der Waals surface area contributed by atoms with Gasteiger partial charge in [0.25, 0.3) is 0 Å². The summed E-state index contributed by atoms with van der Waals surface area (Å²) in [7, 11) is 0. The quantitative estimate of drug-likeness (QED) is 0.805. The highest BCUT2D eigenvalue weighted by atomic mass is 19.1. The molecule has 118 valence electrons. The molecule has 5 nitrogen and oxygen atoms in total. The summed E-state index contributed by atoms with van der Waals surface area (Å²) >= 11 is 0. The average Bonchev–Trinajstić information content (AvgIpc) is 3.23. The van der Waals surface area contributed by atoms with Gasteiger partial charge in [0.15, 0.2) is 5.82 Å². The van der Waals surface area contributed by atoms with E-state index in [1.807, 2.05) is 12.1 Å². The molecule has 1 aromatic carbocycles. The van der Waals surface area contributed by atoms with Gasteiger partial charge < -0.3 is 14.3 Å². The van der Waals surface area contributed by atoms with Gasteiger partial charge in [0, 0.05) is 24.6 Å². The van der Waals surface area contributed by atoms with Crippen LogP contribution in [0.15, 0.2) is 47.1 Å². The standard InChI is InChI=1S/C17H17FN4O/c18-13-5-3-12(4-6-13)17-21-20-16-8-7-14(11-22(16)17)19-10-15-2-1-9-23-15/h1-6,9,14,19H,7-8,10-11H2/t14-/m1/s1. The number of furan rings is 1. The molecule has 4 rings (SSSR count). The number of hydrogen-bond donors (Lipinski definition) is 1. The van der Waals surface area contributed by atoms with E-state index in [9.17, 15) is 4.39 Å². The fourth-order valence-electron chi connectivity index (χ4n) is 2.96. The van der Waals surface area contributed by atoms with Gasteiger partial charge in [0.2, 0.25) is 0 Å². The number of aryl methyl sites for hydroxylation is 1. The first kappa shape index (κ1) is 14.1. The first-order valence-corrected chi connectivity index (χ1v) is 7.73.